The van der Waals surface area contributed by atoms with Crippen molar-refractivity contribution in [2.45, 2.75) is 6.92 Å². The maximum atomic E-state index is 11.5. The van der Waals surface area contributed by atoms with Crippen LogP contribution in [0, 0.1) is 17.0 Å². The van der Waals surface area contributed by atoms with Gasteiger partial charge in [-0.05, 0) is 13.0 Å². The number of nitrogens with one attached hydrogen (secondary N) is 1. The van der Waals surface area contributed by atoms with Crippen LogP contribution in [0.1, 0.15) is 20.9 Å². The molecule has 0 saturated carbocycles. The van der Waals surface area contributed by atoms with Gasteiger partial charge in [-0.3, -0.25) is 15.5 Å². The quantitative estimate of drug-likeness (QED) is 0.382. The highest BCUT2D eigenvalue weighted by Crippen LogP contribution is 2.25. The smallest absolute Gasteiger partial charge is 0.350 e. The second-order valence-electron chi connectivity index (χ2n) is 4.26. The normalized spacial score (nSPS) is 10.7. The van der Waals surface area contributed by atoms with Gasteiger partial charge in [-0.1, -0.05) is 29.0 Å². The molecule has 0 radical (unpaired) electrons. The maximum absolute atomic E-state index is 11.5. The molecule has 1 aromatic heterocycles. The van der Waals surface area contributed by atoms with Gasteiger partial charge in [0.15, 0.2) is 0 Å². The fraction of sp³-hybridized carbons (Fsp3) is 0.154. The Morgan fingerprint density at radius 2 is 2.30 bits per heavy atom. The van der Waals surface area contributed by atoms with Crippen LogP contribution in [0.4, 0.5) is 10.8 Å². The molecule has 0 amide bonds. The van der Waals surface area contributed by atoms with E-state index >= 15 is 0 Å². The van der Waals surface area contributed by atoms with Crippen molar-refractivity contribution >= 4 is 45.9 Å². The molecule has 0 atom stereocenters. The van der Waals surface area contributed by atoms with Gasteiger partial charge in [0.05, 0.1) is 23.9 Å². The summed E-state index contributed by atoms with van der Waals surface area (Å²) in [5, 5.41) is 15.2. The first-order valence-corrected chi connectivity index (χ1v) is 7.40. The molecule has 10 heteroatoms. The van der Waals surface area contributed by atoms with Crippen molar-refractivity contribution in [3.63, 3.8) is 0 Å². The third-order valence-corrected chi connectivity index (χ3v) is 4.07. The molecule has 0 aliphatic heterocycles. The molecular formula is C13H11ClN4O4S. The number of methoxy groups -OCH3 is 1. The Kier molecular flexibility index (Phi) is 5.24. The molecule has 0 aliphatic rings. The Hall–Kier alpha value is -2.52. The number of hydrogen-bond acceptors (Lipinski definition) is 8. The molecular weight excluding hydrogens is 344 g/mol. The average molecular weight is 355 g/mol. The Morgan fingerprint density at radius 1 is 1.57 bits per heavy atom. The van der Waals surface area contributed by atoms with Crippen LogP contribution < -0.4 is 5.43 Å². The first-order valence-electron chi connectivity index (χ1n) is 6.21. The minimum Gasteiger partial charge on any atom is -0.465 e. The number of rotatable bonds is 5. The van der Waals surface area contributed by atoms with Crippen molar-refractivity contribution in [1.29, 1.82) is 0 Å². The summed E-state index contributed by atoms with van der Waals surface area (Å²) in [6.45, 7) is 1.68. The zero-order valence-corrected chi connectivity index (χ0v) is 13.6. The number of anilines is 1. The van der Waals surface area contributed by atoms with Gasteiger partial charge in [0.25, 0.3) is 5.69 Å². The van der Waals surface area contributed by atoms with Crippen LogP contribution in [-0.2, 0) is 4.74 Å². The van der Waals surface area contributed by atoms with Crippen molar-refractivity contribution in [2.75, 3.05) is 12.5 Å². The molecule has 0 bridgehead atoms. The van der Waals surface area contributed by atoms with E-state index in [4.69, 9.17) is 11.6 Å². The van der Waals surface area contributed by atoms with Crippen molar-refractivity contribution < 1.29 is 14.5 Å². The van der Waals surface area contributed by atoms with Crippen molar-refractivity contribution in [3.8, 4) is 0 Å². The predicted octanol–water partition coefficient (Wildman–Crippen LogP) is 3.25. The zero-order valence-electron chi connectivity index (χ0n) is 12.1. The molecule has 2 rings (SSSR count). The highest BCUT2D eigenvalue weighted by Gasteiger charge is 2.15. The van der Waals surface area contributed by atoms with Crippen LogP contribution in [0.3, 0.4) is 0 Å². The van der Waals surface area contributed by atoms with Gasteiger partial charge in [0.1, 0.15) is 9.90 Å². The highest BCUT2D eigenvalue weighted by molar-refractivity contribution is 7.17. The molecule has 0 fully saturated rings. The van der Waals surface area contributed by atoms with E-state index in [0.717, 1.165) is 11.3 Å². The standard InChI is InChI=1S/C13H11ClN4O4S/c1-7-11(12(19)22-2)23-13(16-7)17-15-6-8-3-4-9(14)10(5-8)18(20)21/h3-6H,1-2H3,(H,16,17)/b15-6-. The zero-order chi connectivity index (χ0) is 17.0. The molecule has 0 saturated heterocycles. The van der Waals surface area contributed by atoms with Crippen molar-refractivity contribution in [2.24, 2.45) is 5.10 Å². The Morgan fingerprint density at radius 3 is 2.96 bits per heavy atom. The van der Waals surface area contributed by atoms with E-state index in [-0.39, 0.29) is 10.7 Å². The molecule has 1 aromatic carbocycles. The maximum Gasteiger partial charge on any atom is 0.350 e. The number of nitrogens with zero attached hydrogens (tertiary/aromatic N) is 3. The van der Waals surface area contributed by atoms with E-state index in [1.165, 1.54) is 25.5 Å². The number of halogens is 1. The minimum absolute atomic E-state index is 0.0541. The first kappa shape index (κ1) is 16.8. The van der Waals surface area contributed by atoms with Crippen molar-refractivity contribution in [3.05, 3.63) is 49.5 Å². The lowest BCUT2D eigenvalue weighted by atomic mass is 10.2. The number of carbonyl (C=O) groups excluding carboxylic acids is 1. The molecule has 0 unspecified atom stereocenters. The number of hydrogen-bond donors (Lipinski definition) is 1. The Bertz CT molecular complexity index is 790. The van der Waals surface area contributed by atoms with E-state index in [9.17, 15) is 14.9 Å². The molecule has 8 nitrogen and oxygen atoms in total. The monoisotopic (exact) mass is 354 g/mol. The van der Waals surface area contributed by atoms with Crippen LogP contribution in [0.5, 0.6) is 0 Å². The number of benzene rings is 1. The lowest BCUT2D eigenvalue weighted by Gasteiger charge is -1.97. The SMILES string of the molecule is COC(=O)c1sc(N/N=C\c2ccc(Cl)c([N+](=O)[O-])c2)nc1C. The van der Waals surface area contributed by atoms with Gasteiger partial charge in [0.2, 0.25) is 5.13 Å². The largest absolute Gasteiger partial charge is 0.465 e. The number of aromatic nitrogens is 1. The molecule has 0 aliphatic carbocycles. The number of hydrazone groups is 1. The molecule has 23 heavy (non-hydrogen) atoms. The second kappa shape index (κ2) is 7.16. The van der Waals surface area contributed by atoms with Crippen molar-refractivity contribution in [1.82, 2.24) is 4.98 Å². The van der Waals surface area contributed by atoms with E-state index in [1.54, 1.807) is 13.0 Å². The number of aryl methyl sites for hydroxylation is 1. The van der Waals surface area contributed by atoms with Gasteiger partial charge in [-0.2, -0.15) is 5.10 Å². The summed E-state index contributed by atoms with van der Waals surface area (Å²) in [6.07, 6.45) is 1.39. The van der Waals surface area contributed by atoms with Crippen LogP contribution in [-0.4, -0.2) is 29.2 Å². The topological polar surface area (TPSA) is 107 Å². The minimum atomic E-state index is -0.570. The average Bonchev–Trinajstić information content (AvgIpc) is 2.88. The second-order valence-corrected chi connectivity index (χ2v) is 5.67. The molecule has 1 N–H and O–H groups in total. The summed E-state index contributed by atoms with van der Waals surface area (Å²) in [5.74, 6) is -0.467. The van der Waals surface area contributed by atoms with Gasteiger partial charge >= 0.3 is 5.97 Å². The van der Waals surface area contributed by atoms with Crippen LogP contribution in [0.15, 0.2) is 23.3 Å². The van der Waals surface area contributed by atoms with Gasteiger partial charge < -0.3 is 4.74 Å². The third-order valence-electron chi connectivity index (χ3n) is 2.71. The fourth-order valence-corrected chi connectivity index (χ4v) is 2.66. The number of nitro benzene ring substituents is 1. The van der Waals surface area contributed by atoms with Crippen LogP contribution in [0.25, 0.3) is 0 Å². The highest BCUT2D eigenvalue weighted by atomic mass is 35.5. The summed E-state index contributed by atoms with van der Waals surface area (Å²) in [5.41, 5.74) is 3.49. The molecule has 2 aromatic rings. The third kappa shape index (κ3) is 4.02. The van der Waals surface area contributed by atoms with E-state index in [2.05, 4.69) is 20.2 Å². The number of thiazole rings is 1. The Balaban J connectivity index is 2.12. The summed E-state index contributed by atoms with van der Waals surface area (Å²) in [4.78, 5) is 26.2. The fourth-order valence-electron chi connectivity index (χ4n) is 1.64. The lowest BCUT2D eigenvalue weighted by Crippen LogP contribution is -1.99. The van der Waals surface area contributed by atoms with E-state index in [1.807, 2.05) is 0 Å². The van der Waals surface area contributed by atoms with Crippen LogP contribution >= 0.6 is 22.9 Å². The summed E-state index contributed by atoms with van der Waals surface area (Å²) < 4.78 is 4.64. The van der Waals surface area contributed by atoms with Gasteiger partial charge in [-0.25, -0.2) is 9.78 Å². The van der Waals surface area contributed by atoms with Crippen LogP contribution in [0.2, 0.25) is 5.02 Å². The molecule has 1 heterocycles. The summed E-state index contributed by atoms with van der Waals surface area (Å²) in [6, 6.07) is 4.32. The molecule has 0 spiro atoms. The number of esters is 1. The van der Waals surface area contributed by atoms with E-state index < -0.39 is 10.9 Å². The lowest BCUT2D eigenvalue weighted by molar-refractivity contribution is -0.384. The van der Waals surface area contributed by atoms with Gasteiger partial charge in [-0.15, -0.1) is 0 Å². The number of nitro groups is 1. The van der Waals surface area contributed by atoms with E-state index in [0.29, 0.717) is 21.3 Å². The predicted molar refractivity (Wildman–Crippen MR) is 87.5 cm³/mol. The Labute approximate surface area is 139 Å². The summed E-state index contributed by atoms with van der Waals surface area (Å²) >= 11 is 6.83. The summed E-state index contributed by atoms with van der Waals surface area (Å²) in [7, 11) is 1.29. The number of carbonyl (C=O) groups is 1. The molecule has 120 valence electrons. The number of ether oxygens (including phenoxy) is 1. The first-order chi connectivity index (χ1) is 10.9. The van der Waals surface area contributed by atoms with Gasteiger partial charge in [0, 0.05) is 11.6 Å².